The summed E-state index contributed by atoms with van der Waals surface area (Å²) in [6, 6.07) is 17.0. The number of hydrogen-bond donors (Lipinski definition) is 1. The van der Waals surface area contributed by atoms with Crippen molar-refractivity contribution in [1.29, 1.82) is 0 Å². The summed E-state index contributed by atoms with van der Waals surface area (Å²) in [5, 5.41) is 7.31. The van der Waals surface area contributed by atoms with E-state index in [1.165, 1.54) is 59.2 Å². The Morgan fingerprint density at radius 3 is 2.50 bits per heavy atom. The smallest absolute Gasteiger partial charge is 0.406 e. The summed E-state index contributed by atoms with van der Waals surface area (Å²) in [4.78, 5) is 23.1. The molecule has 0 bridgehead atoms. The first-order chi connectivity index (χ1) is 21.0. The van der Waals surface area contributed by atoms with E-state index in [-0.39, 0.29) is 11.3 Å². The molecule has 1 saturated heterocycles. The third-order valence-electron chi connectivity index (χ3n) is 6.64. The molecule has 0 radical (unpaired) electrons. The van der Waals surface area contributed by atoms with E-state index in [1.807, 2.05) is 11.8 Å². The number of benzene rings is 3. The van der Waals surface area contributed by atoms with Crippen LogP contribution < -0.4 is 15.0 Å². The van der Waals surface area contributed by atoms with Crippen LogP contribution in [-0.4, -0.2) is 44.6 Å². The van der Waals surface area contributed by atoms with Crippen molar-refractivity contribution in [2.75, 3.05) is 17.2 Å². The Balaban J connectivity index is 1.23. The molecule has 2 heterocycles. The number of carbonyl (C=O) groups is 1. The number of rotatable bonds is 7. The number of aliphatic imine (C=N–C) groups is 1. The van der Waals surface area contributed by atoms with Crippen molar-refractivity contribution in [3.8, 4) is 22.8 Å². The van der Waals surface area contributed by atoms with Crippen LogP contribution in [0.1, 0.15) is 36.5 Å². The molecule has 0 saturated carbocycles. The fourth-order valence-electron chi connectivity index (χ4n) is 4.52. The van der Waals surface area contributed by atoms with Gasteiger partial charge < -0.3 is 15.0 Å². The first kappa shape index (κ1) is 30.8. The summed E-state index contributed by atoms with van der Waals surface area (Å²) >= 11 is 1.47. The molecule has 1 aliphatic rings. The van der Waals surface area contributed by atoms with Crippen molar-refractivity contribution in [2.45, 2.75) is 33.1 Å². The highest BCUT2D eigenvalue weighted by molar-refractivity contribution is 8.14. The Hall–Kier alpha value is -4.65. The zero-order chi connectivity index (χ0) is 31.4. The number of thioether (sulfide) groups is 1. The topological polar surface area (TPSA) is 84.6 Å². The fourth-order valence-corrected chi connectivity index (χ4v) is 5.47. The largest absolute Gasteiger partial charge is 0.573 e. The number of urea groups is 1. The molecule has 1 fully saturated rings. The molecule has 44 heavy (non-hydrogen) atoms. The first-order valence-electron chi connectivity index (χ1n) is 13.6. The van der Waals surface area contributed by atoms with Crippen molar-refractivity contribution in [1.82, 2.24) is 20.1 Å². The summed E-state index contributed by atoms with van der Waals surface area (Å²) in [5.41, 5.74) is 4.57. The summed E-state index contributed by atoms with van der Waals surface area (Å²) in [6.45, 7) is 6.97. The number of amidine groups is 1. The molecular formula is C31H28F4N6O2S. The van der Waals surface area contributed by atoms with E-state index in [9.17, 15) is 22.4 Å². The van der Waals surface area contributed by atoms with E-state index < -0.39 is 18.2 Å². The number of nitrogens with one attached hydrogen (secondary N) is 1. The van der Waals surface area contributed by atoms with E-state index >= 15 is 0 Å². The predicted octanol–water partition coefficient (Wildman–Crippen LogP) is 7.85. The maximum atomic E-state index is 14.9. The lowest BCUT2D eigenvalue weighted by Crippen LogP contribution is -2.27. The number of aromatic nitrogens is 3. The summed E-state index contributed by atoms with van der Waals surface area (Å²) in [5.74, 6) is 0.390. The minimum Gasteiger partial charge on any atom is -0.406 e. The third kappa shape index (κ3) is 7.46. The van der Waals surface area contributed by atoms with Crippen LogP contribution in [0.15, 0.2) is 84.2 Å². The molecule has 2 amide bonds. The Bertz CT molecular complexity index is 1700. The van der Waals surface area contributed by atoms with Gasteiger partial charge in [0.25, 0.3) is 0 Å². The third-order valence-corrected chi connectivity index (χ3v) is 7.60. The summed E-state index contributed by atoms with van der Waals surface area (Å²) in [7, 11) is 0. The van der Waals surface area contributed by atoms with Gasteiger partial charge in [-0.2, -0.15) is 4.99 Å². The average Bonchev–Trinajstić information content (AvgIpc) is 3.66. The standard InChI is InChI=1S/C31H28F4N6O2S/c1-19(2)25-13-4-20(3)16-27(25)40-14-15-44-30(40)38-29(42)36-17-26(32)21-5-7-22(8-6-21)28-37-18-41(39-28)23-9-11-24(12-10-23)43-31(33,34)35/h4-13,16-19H,14-15H2,1-3H3,(H,36,42)/b26-17-,38-30-. The maximum absolute atomic E-state index is 14.9. The predicted molar refractivity (Wildman–Crippen MR) is 164 cm³/mol. The molecule has 0 atom stereocenters. The molecule has 13 heteroatoms. The van der Waals surface area contributed by atoms with E-state index in [4.69, 9.17) is 0 Å². The Morgan fingerprint density at radius 2 is 1.82 bits per heavy atom. The molecule has 3 aromatic carbocycles. The van der Waals surface area contributed by atoms with Crippen LogP contribution in [0.5, 0.6) is 5.75 Å². The molecule has 4 aromatic rings. The molecule has 1 aromatic heterocycles. The second-order valence-electron chi connectivity index (χ2n) is 10.2. The van der Waals surface area contributed by atoms with Gasteiger partial charge in [0.2, 0.25) is 0 Å². The van der Waals surface area contributed by atoms with Gasteiger partial charge in [0.1, 0.15) is 17.9 Å². The average molecular weight is 625 g/mol. The van der Waals surface area contributed by atoms with Crippen LogP contribution in [-0.2, 0) is 0 Å². The van der Waals surface area contributed by atoms with E-state index in [0.29, 0.717) is 34.7 Å². The Labute approximate surface area is 255 Å². The van der Waals surface area contributed by atoms with Gasteiger partial charge in [0.15, 0.2) is 11.0 Å². The quantitative estimate of drug-likeness (QED) is 0.211. The van der Waals surface area contributed by atoms with Gasteiger partial charge >= 0.3 is 12.4 Å². The lowest BCUT2D eigenvalue weighted by atomic mass is 9.99. The van der Waals surface area contributed by atoms with Crippen LogP contribution in [0.4, 0.5) is 28.0 Å². The van der Waals surface area contributed by atoms with Crippen LogP contribution in [0.25, 0.3) is 22.9 Å². The summed E-state index contributed by atoms with van der Waals surface area (Å²) < 4.78 is 57.3. The first-order valence-corrected chi connectivity index (χ1v) is 14.6. The van der Waals surface area contributed by atoms with Crippen molar-refractivity contribution < 1.29 is 27.1 Å². The highest BCUT2D eigenvalue weighted by Gasteiger charge is 2.31. The zero-order valence-electron chi connectivity index (χ0n) is 24.0. The molecule has 228 valence electrons. The number of alkyl halides is 3. The number of ether oxygens (including phenoxy) is 1. The highest BCUT2D eigenvalue weighted by Crippen LogP contribution is 2.33. The number of aryl methyl sites for hydroxylation is 1. The lowest BCUT2D eigenvalue weighted by molar-refractivity contribution is -0.274. The minimum atomic E-state index is -4.78. The second kappa shape index (κ2) is 12.9. The summed E-state index contributed by atoms with van der Waals surface area (Å²) in [6.07, 6.45) is -2.40. The van der Waals surface area contributed by atoms with Gasteiger partial charge in [-0.15, -0.1) is 18.3 Å². The molecule has 0 spiro atoms. The van der Waals surface area contributed by atoms with Crippen molar-refractivity contribution in [3.63, 3.8) is 0 Å². The van der Waals surface area contributed by atoms with E-state index in [1.54, 1.807) is 12.1 Å². The van der Waals surface area contributed by atoms with Crippen LogP contribution in [0.3, 0.4) is 0 Å². The minimum absolute atomic E-state index is 0.222. The number of nitrogens with zero attached hydrogens (tertiary/aromatic N) is 5. The Morgan fingerprint density at radius 1 is 1.09 bits per heavy atom. The van der Waals surface area contributed by atoms with Crippen LogP contribution in [0.2, 0.25) is 0 Å². The van der Waals surface area contributed by atoms with Crippen molar-refractivity contribution in [3.05, 3.63) is 95.9 Å². The SMILES string of the molecule is Cc1ccc(C(C)C)c(N2CCS/C2=N\C(=O)N/C=C(\F)c2ccc(-c3ncn(-c4ccc(OC(F)(F)F)cc4)n3)cc2)c1. The number of halogens is 4. The molecule has 8 nitrogen and oxygen atoms in total. The van der Waals surface area contributed by atoms with Gasteiger partial charge in [-0.1, -0.05) is 62.0 Å². The molecule has 5 rings (SSSR count). The molecule has 0 unspecified atom stereocenters. The van der Waals surface area contributed by atoms with Gasteiger partial charge in [-0.25, -0.2) is 18.9 Å². The van der Waals surface area contributed by atoms with Crippen molar-refractivity contribution >= 4 is 34.5 Å². The number of carbonyl (C=O) groups excluding carboxylic acids is 1. The van der Waals surface area contributed by atoms with E-state index in [0.717, 1.165) is 28.8 Å². The van der Waals surface area contributed by atoms with Gasteiger partial charge in [0, 0.05) is 35.3 Å². The molecular weight excluding hydrogens is 596 g/mol. The number of anilines is 1. The fraction of sp³-hybridized carbons (Fsp3) is 0.226. The second-order valence-corrected chi connectivity index (χ2v) is 11.2. The maximum Gasteiger partial charge on any atom is 0.573 e. The van der Waals surface area contributed by atoms with Crippen molar-refractivity contribution in [2.24, 2.45) is 4.99 Å². The van der Waals surface area contributed by atoms with E-state index in [2.05, 4.69) is 57.2 Å². The number of amides is 2. The van der Waals surface area contributed by atoms with Gasteiger partial charge in [-0.05, 0) is 54.3 Å². The molecule has 1 aliphatic heterocycles. The van der Waals surface area contributed by atoms with Gasteiger partial charge in [0.05, 0.1) is 5.69 Å². The molecule has 0 aliphatic carbocycles. The lowest BCUT2D eigenvalue weighted by Gasteiger charge is -2.23. The van der Waals surface area contributed by atoms with Crippen LogP contribution in [0, 0.1) is 6.92 Å². The van der Waals surface area contributed by atoms with Crippen LogP contribution >= 0.6 is 11.8 Å². The highest BCUT2D eigenvalue weighted by atomic mass is 32.2. The monoisotopic (exact) mass is 624 g/mol. The van der Waals surface area contributed by atoms with Gasteiger partial charge in [-0.3, -0.25) is 0 Å². The Kier molecular flexibility index (Phi) is 9.04. The molecule has 1 N–H and O–H groups in total. The normalized spacial score (nSPS) is 14.9. The zero-order valence-corrected chi connectivity index (χ0v) is 24.8. The number of hydrogen-bond acceptors (Lipinski definition) is 5.